The summed E-state index contributed by atoms with van der Waals surface area (Å²) in [5.41, 5.74) is 9.73. The van der Waals surface area contributed by atoms with Gasteiger partial charge in [0.2, 0.25) is 0 Å². The molecule has 0 aliphatic heterocycles. The van der Waals surface area contributed by atoms with Crippen molar-refractivity contribution < 1.29 is 14.4 Å². The molecule has 0 spiro atoms. The van der Waals surface area contributed by atoms with Crippen LogP contribution < -0.4 is 15.0 Å². The molecule has 1 heterocycles. The van der Waals surface area contributed by atoms with Gasteiger partial charge < -0.3 is 9.84 Å². The number of benzene rings is 2. The first-order chi connectivity index (χ1) is 13.1. The van der Waals surface area contributed by atoms with E-state index in [-0.39, 0.29) is 6.61 Å². The van der Waals surface area contributed by atoms with Crippen LogP contribution in [0.5, 0.6) is 5.75 Å². The standard InChI is InChI=1S/C22H29N3O2/c1-3-4-7-13-24-20-11-5-6-12-21(20)25(22(24)23)15-18(26)16-27-19-10-8-9-17(2)14-19/h5-6,8-12,14,18,23,26H,3-4,7,13,15-16H2,1-2H3/p+1/t18-/m0/s1. The second kappa shape index (κ2) is 8.91. The molecule has 0 aliphatic carbocycles. The van der Waals surface area contributed by atoms with E-state index in [4.69, 9.17) is 10.5 Å². The van der Waals surface area contributed by atoms with Crippen LogP contribution in [0, 0.1) is 6.92 Å². The van der Waals surface area contributed by atoms with Gasteiger partial charge in [-0.15, -0.1) is 0 Å². The van der Waals surface area contributed by atoms with Gasteiger partial charge >= 0.3 is 5.95 Å². The van der Waals surface area contributed by atoms with Gasteiger partial charge in [-0.3, -0.25) is 5.73 Å². The van der Waals surface area contributed by atoms with E-state index in [9.17, 15) is 5.11 Å². The summed E-state index contributed by atoms with van der Waals surface area (Å²) >= 11 is 0. The maximum Gasteiger partial charge on any atom is 0.356 e. The van der Waals surface area contributed by atoms with Crippen LogP contribution in [0.3, 0.4) is 0 Å². The van der Waals surface area contributed by atoms with Gasteiger partial charge in [-0.2, -0.15) is 0 Å². The Hall–Kier alpha value is -2.53. The van der Waals surface area contributed by atoms with Crippen molar-refractivity contribution >= 4 is 17.0 Å². The molecule has 0 saturated carbocycles. The number of aliphatic hydroxyl groups excluding tert-OH is 1. The van der Waals surface area contributed by atoms with E-state index < -0.39 is 6.10 Å². The highest BCUT2D eigenvalue weighted by Crippen LogP contribution is 2.18. The lowest BCUT2D eigenvalue weighted by atomic mass is 10.2. The zero-order valence-electron chi connectivity index (χ0n) is 16.3. The number of aliphatic hydroxyl groups is 1. The number of nitrogen functional groups attached to an aromatic ring is 1. The topological polar surface area (TPSA) is 64.3 Å². The molecule has 3 aromatic rings. The fourth-order valence-electron chi connectivity index (χ4n) is 3.42. The lowest BCUT2D eigenvalue weighted by Crippen LogP contribution is -2.43. The Kier molecular flexibility index (Phi) is 6.35. The fraction of sp³-hybridized carbons (Fsp3) is 0.409. The average molecular weight is 369 g/mol. The largest absolute Gasteiger partial charge is 0.491 e. The molecule has 0 bridgehead atoms. The van der Waals surface area contributed by atoms with E-state index in [1.807, 2.05) is 47.9 Å². The number of anilines is 1. The summed E-state index contributed by atoms with van der Waals surface area (Å²) in [6.45, 7) is 5.74. The van der Waals surface area contributed by atoms with E-state index in [0.717, 1.165) is 35.3 Å². The van der Waals surface area contributed by atoms with Crippen molar-refractivity contribution in [3.8, 4) is 5.75 Å². The van der Waals surface area contributed by atoms with Gasteiger partial charge in [0.25, 0.3) is 0 Å². The normalized spacial score (nSPS) is 12.4. The van der Waals surface area contributed by atoms with Crippen LogP contribution in [0.4, 0.5) is 5.95 Å². The number of aromatic nitrogens is 2. The fourth-order valence-corrected chi connectivity index (χ4v) is 3.42. The summed E-state index contributed by atoms with van der Waals surface area (Å²) in [6, 6.07) is 16.0. The summed E-state index contributed by atoms with van der Waals surface area (Å²) in [5.74, 6) is 1.45. The second-order valence-electron chi connectivity index (χ2n) is 7.10. The molecule has 144 valence electrons. The molecule has 1 aromatic heterocycles. The molecule has 5 nitrogen and oxygen atoms in total. The lowest BCUT2D eigenvalue weighted by Gasteiger charge is -2.12. The Morgan fingerprint density at radius 3 is 2.74 bits per heavy atom. The zero-order valence-corrected chi connectivity index (χ0v) is 16.3. The number of nitrogens with zero attached hydrogens (tertiary/aromatic N) is 2. The zero-order chi connectivity index (χ0) is 19.2. The Morgan fingerprint density at radius 1 is 1.15 bits per heavy atom. The number of rotatable bonds is 9. The number of hydrogen-bond donors (Lipinski definition) is 2. The third-order valence-electron chi connectivity index (χ3n) is 4.83. The molecule has 0 radical (unpaired) electrons. The number of hydrogen-bond acceptors (Lipinski definition) is 3. The summed E-state index contributed by atoms with van der Waals surface area (Å²) in [6.07, 6.45) is 2.80. The number of fused-ring (bicyclic) bond motifs is 1. The maximum absolute atomic E-state index is 10.5. The molecule has 0 unspecified atom stereocenters. The van der Waals surface area contributed by atoms with Crippen LogP contribution in [0.25, 0.3) is 11.0 Å². The van der Waals surface area contributed by atoms with E-state index in [2.05, 4.69) is 23.6 Å². The highest BCUT2D eigenvalue weighted by Gasteiger charge is 2.22. The molecular formula is C22H30N3O2+. The lowest BCUT2D eigenvalue weighted by molar-refractivity contribution is -0.665. The van der Waals surface area contributed by atoms with Crippen LogP contribution in [0.2, 0.25) is 0 Å². The van der Waals surface area contributed by atoms with E-state index in [1.165, 1.54) is 12.8 Å². The molecule has 0 amide bonds. The summed E-state index contributed by atoms with van der Waals surface area (Å²) < 4.78 is 9.89. The quantitative estimate of drug-likeness (QED) is 0.449. The van der Waals surface area contributed by atoms with E-state index in [0.29, 0.717) is 12.5 Å². The van der Waals surface area contributed by atoms with Gasteiger partial charge in [-0.25, -0.2) is 9.13 Å². The number of nitrogens with two attached hydrogens (primary N) is 1. The third-order valence-corrected chi connectivity index (χ3v) is 4.83. The van der Waals surface area contributed by atoms with Crippen molar-refractivity contribution in [3.05, 3.63) is 54.1 Å². The monoisotopic (exact) mass is 368 g/mol. The average Bonchev–Trinajstić information content (AvgIpc) is 2.92. The maximum atomic E-state index is 10.5. The van der Waals surface area contributed by atoms with Crippen molar-refractivity contribution in [2.75, 3.05) is 12.3 Å². The Balaban J connectivity index is 1.74. The number of para-hydroxylation sites is 2. The minimum absolute atomic E-state index is 0.227. The van der Waals surface area contributed by atoms with Gasteiger partial charge in [-0.05, 0) is 43.2 Å². The molecule has 5 heteroatoms. The van der Waals surface area contributed by atoms with Crippen molar-refractivity contribution in [2.24, 2.45) is 0 Å². The van der Waals surface area contributed by atoms with Crippen molar-refractivity contribution in [3.63, 3.8) is 0 Å². The van der Waals surface area contributed by atoms with Crippen LogP contribution >= 0.6 is 0 Å². The highest BCUT2D eigenvalue weighted by atomic mass is 16.5. The molecule has 0 saturated heterocycles. The molecule has 0 fully saturated rings. The van der Waals surface area contributed by atoms with Gasteiger partial charge in [-0.1, -0.05) is 44.0 Å². The second-order valence-corrected chi connectivity index (χ2v) is 7.10. The molecule has 27 heavy (non-hydrogen) atoms. The third kappa shape index (κ3) is 4.61. The first kappa shape index (κ1) is 19.2. The van der Waals surface area contributed by atoms with Gasteiger partial charge in [0.05, 0.1) is 6.54 Å². The van der Waals surface area contributed by atoms with Gasteiger partial charge in [0.15, 0.2) is 0 Å². The first-order valence-electron chi connectivity index (χ1n) is 9.74. The van der Waals surface area contributed by atoms with Crippen LogP contribution in [-0.2, 0) is 13.1 Å². The molecule has 1 atom stereocenters. The van der Waals surface area contributed by atoms with Crippen molar-refractivity contribution in [1.29, 1.82) is 0 Å². The predicted molar refractivity (Wildman–Crippen MR) is 109 cm³/mol. The number of imidazole rings is 1. The highest BCUT2D eigenvalue weighted by molar-refractivity contribution is 5.73. The van der Waals surface area contributed by atoms with Gasteiger partial charge in [0.1, 0.15) is 36.0 Å². The van der Waals surface area contributed by atoms with Gasteiger partial charge in [0, 0.05) is 0 Å². The summed E-state index contributed by atoms with van der Waals surface area (Å²) in [7, 11) is 0. The molecule has 2 aromatic carbocycles. The SMILES string of the molecule is CCCCCn1c(N)[n+](C[C@H](O)COc2cccc(C)c2)c2ccccc21. The predicted octanol–water partition coefficient (Wildman–Crippen LogP) is 3.45. The van der Waals surface area contributed by atoms with Crippen molar-refractivity contribution in [1.82, 2.24) is 4.57 Å². The molecule has 0 aliphatic rings. The van der Waals surface area contributed by atoms with Crippen molar-refractivity contribution in [2.45, 2.75) is 52.3 Å². The minimum atomic E-state index is -0.646. The summed E-state index contributed by atoms with van der Waals surface area (Å²) in [4.78, 5) is 0. The molecular weight excluding hydrogens is 338 g/mol. The smallest absolute Gasteiger partial charge is 0.356 e. The van der Waals surface area contributed by atoms with Crippen LogP contribution in [0.15, 0.2) is 48.5 Å². The summed E-state index contributed by atoms with van der Waals surface area (Å²) in [5, 5.41) is 10.5. The Morgan fingerprint density at radius 2 is 1.96 bits per heavy atom. The van der Waals surface area contributed by atoms with Crippen LogP contribution in [0.1, 0.15) is 31.7 Å². The molecule has 3 N–H and O–H groups in total. The Labute approximate surface area is 161 Å². The molecule has 3 rings (SSSR count). The van der Waals surface area contributed by atoms with E-state index in [1.54, 1.807) is 0 Å². The number of ether oxygens (including phenoxy) is 1. The van der Waals surface area contributed by atoms with E-state index >= 15 is 0 Å². The number of unbranched alkanes of at least 4 members (excludes halogenated alkanes) is 2. The van der Waals surface area contributed by atoms with Crippen LogP contribution in [-0.4, -0.2) is 22.4 Å². The Bertz CT molecular complexity index is 888. The minimum Gasteiger partial charge on any atom is -0.491 e. The first-order valence-corrected chi connectivity index (χ1v) is 9.74. The number of aryl methyl sites for hydroxylation is 2.